The monoisotopic (exact) mass is 524 g/mol. The van der Waals surface area contributed by atoms with Crippen LogP contribution in [0, 0.1) is 57.2 Å². The van der Waals surface area contributed by atoms with E-state index in [1.165, 1.54) is 0 Å². The van der Waals surface area contributed by atoms with Gasteiger partial charge in [-0.3, -0.25) is 9.05 Å². The fourth-order valence-electron chi connectivity index (χ4n) is 7.38. The quantitative estimate of drug-likeness (QED) is 0.254. The summed E-state index contributed by atoms with van der Waals surface area (Å²) in [5, 5.41) is 0. The average molecular weight is 525 g/mol. The van der Waals surface area contributed by atoms with E-state index in [0.29, 0.717) is 35.5 Å². The number of rotatable bonds is 1. The minimum absolute atomic E-state index is 0.0472. The molecule has 4 nitrogen and oxygen atoms in total. The average Bonchev–Trinajstić information content (AvgIpc) is 2.65. The Labute approximate surface area is 225 Å². The van der Waals surface area contributed by atoms with Crippen molar-refractivity contribution in [3.05, 3.63) is 0 Å². The molecular weight excluding hydrogens is 470 g/mol. The second-order valence-corrected chi connectivity index (χ2v) is 18.6. The van der Waals surface area contributed by atoms with Gasteiger partial charge in [0.05, 0.1) is 12.2 Å². The molecular formula is C29H54AlO4P. The van der Waals surface area contributed by atoms with Gasteiger partial charge in [-0.15, -0.1) is 0 Å². The minimum Gasteiger partial charge on any atom is -0.435 e. The van der Waals surface area contributed by atoms with E-state index < -0.39 is 7.82 Å². The maximum absolute atomic E-state index is 14.1. The lowest BCUT2D eigenvalue weighted by molar-refractivity contribution is -0.127. The first-order valence-corrected chi connectivity index (χ1v) is 15.9. The molecule has 0 spiro atoms. The van der Waals surface area contributed by atoms with E-state index in [2.05, 4.69) is 99.7 Å². The van der Waals surface area contributed by atoms with Gasteiger partial charge in [0.1, 0.15) is 0 Å². The van der Waals surface area contributed by atoms with Gasteiger partial charge < -0.3 is 3.58 Å². The molecule has 3 fully saturated rings. The van der Waals surface area contributed by atoms with Crippen molar-refractivity contribution in [3.8, 4) is 0 Å². The van der Waals surface area contributed by atoms with Crippen LogP contribution in [0.25, 0.3) is 0 Å². The van der Waals surface area contributed by atoms with Crippen LogP contribution in [0.1, 0.15) is 115 Å². The highest BCUT2D eigenvalue weighted by Crippen LogP contribution is 2.64. The summed E-state index contributed by atoms with van der Waals surface area (Å²) in [6.45, 7) is 28.2. The van der Waals surface area contributed by atoms with E-state index in [9.17, 15) is 4.57 Å². The molecule has 3 rings (SSSR count). The lowest BCUT2D eigenvalue weighted by Gasteiger charge is -2.56. The molecule has 0 bridgehead atoms. The third-order valence-corrected chi connectivity index (χ3v) is 11.9. The minimum atomic E-state index is -3.72. The van der Waals surface area contributed by atoms with Gasteiger partial charge in [0.2, 0.25) is 0 Å². The Morgan fingerprint density at radius 2 is 0.943 bits per heavy atom. The second-order valence-electron chi connectivity index (χ2n) is 16.5. The van der Waals surface area contributed by atoms with E-state index in [1.807, 2.05) is 0 Å². The molecule has 2 saturated carbocycles. The third-order valence-electron chi connectivity index (χ3n) is 9.88. The molecule has 8 atom stereocenters. The van der Waals surface area contributed by atoms with Crippen LogP contribution >= 0.6 is 7.82 Å². The molecule has 1 heterocycles. The molecule has 1 aliphatic heterocycles. The molecule has 8 unspecified atom stereocenters. The Bertz CT molecular complexity index is 724. The van der Waals surface area contributed by atoms with Crippen molar-refractivity contribution in [1.29, 1.82) is 0 Å². The fraction of sp³-hybridized carbons (Fsp3) is 1.00. The van der Waals surface area contributed by atoms with Crippen molar-refractivity contribution in [1.82, 2.24) is 0 Å². The zero-order valence-electron chi connectivity index (χ0n) is 24.8. The molecule has 35 heavy (non-hydrogen) atoms. The fourth-order valence-corrected chi connectivity index (χ4v) is 9.06. The highest BCUT2D eigenvalue weighted by molar-refractivity contribution is 7.49. The first-order valence-electron chi connectivity index (χ1n) is 14.0. The van der Waals surface area contributed by atoms with Gasteiger partial charge in [-0.1, -0.05) is 83.1 Å². The van der Waals surface area contributed by atoms with E-state index in [0.717, 1.165) is 32.1 Å². The maximum Gasteiger partial charge on any atom is 0.446 e. The number of hydrogen-bond donors (Lipinski definition) is 0. The second kappa shape index (κ2) is 9.99. The van der Waals surface area contributed by atoms with Crippen molar-refractivity contribution in [2.45, 2.75) is 127 Å². The Morgan fingerprint density at radius 1 is 0.600 bits per heavy atom. The lowest BCUT2D eigenvalue weighted by Crippen LogP contribution is -2.52. The summed E-state index contributed by atoms with van der Waals surface area (Å²) in [5.41, 5.74) is 0.571. The van der Waals surface area contributed by atoms with Gasteiger partial charge in [-0.2, -0.15) is 0 Å². The van der Waals surface area contributed by atoms with E-state index >= 15 is 0 Å². The van der Waals surface area contributed by atoms with Crippen molar-refractivity contribution in [2.75, 3.05) is 0 Å². The third kappa shape index (κ3) is 6.81. The predicted molar refractivity (Wildman–Crippen MR) is 146 cm³/mol. The van der Waals surface area contributed by atoms with Crippen molar-refractivity contribution in [3.63, 3.8) is 0 Å². The molecule has 2 radical (unpaired) electrons. The topological polar surface area (TPSA) is 44.8 Å². The number of fused-ring (bicyclic) bond motifs is 2. The van der Waals surface area contributed by atoms with Crippen LogP contribution < -0.4 is 0 Å². The summed E-state index contributed by atoms with van der Waals surface area (Å²) in [5.74, 6) is 2.57. The highest BCUT2D eigenvalue weighted by atomic mass is 31.2. The van der Waals surface area contributed by atoms with Gasteiger partial charge in [0.25, 0.3) is 0 Å². The molecule has 6 heteroatoms. The Kier molecular flexibility index (Phi) is 8.62. The summed E-state index contributed by atoms with van der Waals surface area (Å²) >= 11 is 2.20. The van der Waals surface area contributed by atoms with E-state index in [-0.39, 0.29) is 33.9 Å². The zero-order valence-corrected chi connectivity index (χ0v) is 26.9. The molecule has 0 aromatic rings. The molecule has 2 aliphatic carbocycles. The van der Waals surface area contributed by atoms with Gasteiger partial charge in [-0.25, -0.2) is 4.57 Å². The molecule has 202 valence electrons. The largest absolute Gasteiger partial charge is 0.446 e. The zero-order chi connectivity index (χ0) is 26.8. The predicted octanol–water partition coefficient (Wildman–Crippen LogP) is 8.84. The summed E-state index contributed by atoms with van der Waals surface area (Å²) in [6.07, 6.45) is 5.31. The summed E-state index contributed by atoms with van der Waals surface area (Å²) in [4.78, 5) is 0. The Balaban J connectivity index is 2.09. The van der Waals surface area contributed by atoms with Crippen molar-refractivity contribution in [2.24, 2.45) is 57.2 Å². The Morgan fingerprint density at radius 3 is 1.20 bits per heavy atom. The van der Waals surface area contributed by atoms with Crippen LogP contribution in [0.15, 0.2) is 0 Å². The molecule has 0 aromatic carbocycles. The van der Waals surface area contributed by atoms with Gasteiger partial charge >= 0.3 is 24.4 Å². The van der Waals surface area contributed by atoms with E-state index in [1.54, 1.807) is 0 Å². The highest BCUT2D eigenvalue weighted by Gasteiger charge is 2.55. The van der Waals surface area contributed by atoms with Crippen molar-refractivity contribution >= 4 is 24.4 Å². The van der Waals surface area contributed by atoms with Crippen LogP contribution in [-0.2, 0) is 17.2 Å². The van der Waals surface area contributed by atoms with Gasteiger partial charge in [0, 0.05) is 0 Å². The first kappa shape index (κ1) is 30.2. The first-order chi connectivity index (χ1) is 15.7. The van der Waals surface area contributed by atoms with Crippen LogP contribution in [-0.4, -0.2) is 28.8 Å². The van der Waals surface area contributed by atoms with E-state index in [4.69, 9.17) is 12.6 Å². The van der Waals surface area contributed by atoms with Crippen LogP contribution in [0.4, 0.5) is 0 Å². The normalized spacial score (nSPS) is 41.9. The van der Waals surface area contributed by atoms with Crippen LogP contribution in [0.5, 0.6) is 0 Å². The van der Waals surface area contributed by atoms with Gasteiger partial charge in [0.15, 0.2) is 0 Å². The molecule has 0 N–H and O–H groups in total. The lowest BCUT2D eigenvalue weighted by atomic mass is 9.55. The standard InChI is InChI=1S/C29H55O4P.Al/c1-26(2,3)20-14-18-13-19-15-21(27(4,5)6)17-23(29(10,11)12)25(19)33-34(30,31)32-24(18)22(16-20)28(7,8)9;/h18-25H,13-17H2,1-12H3,(H,30,31);/q;+1/p-1. The molecule has 1 saturated heterocycles. The van der Waals surface area contributed by atoms with Crippen LogP contribution in [0.3, 0.4) is 0 Å². The number of phosphoric acid groups is 1. The number of phosphoric ester groups is 1. The Hall–Kier alpha value is 0.642. The SMILES string of the molecule is CC(C)(C)C1CC2CC3CC(C(C)(C)C)CC(C(C)(C)C)C3OP(=O)([O][Al])OC2C(C(C)(C)C)C1. The summed E-state index contributed by atoms with van der Waals surface area (Å²) < 4.78 is 32.7. The number of hydrogen-bond acceptors (Lipinski definition) is 4. The summed E-state index contributed by atoms with van der Waals surface area (Å²) in [7, 11) is -3.72. The van der Waals surface area contributed by atoms with Crippen LogP contribution in [0.2, 0.25) is 0 Å². The molecule has 3 aliphatic rings. The van der Waals surface area contributed by atoms with Gasteiger partial charge in [-0.05, 0) is 89.3 Å². The molecule has 0 aromatic heterocycles. The smallest absolute Gasteiger partial charge is 0.435 e. The van der Waals surface area contributed by atoms with Crippen molar-refractivity contribution < 1.29 is 17.2 Å². The maximum atomic E-state index is 14.1. The summed E-state index contributed by atoms with van der Waals surface area (Å²) in [6, 6.07) is 0. The molecule has 0 amide bonds.